The van der Waals surface area contributed by atoms with E-state index in [1.807, 2.05) is 6.92 Å². The van der Waals surface area contributed by atoms with Gasteiger partial charge in [0.15, 0.2) is 11.5 Å². The summed E-state index contributed by atoms with van der Waals surface area (Å²) in [5.41, 5.74) is 0.419. The molecule has 0 aliphatic heterocycles. The van der Waals surface area contributed by atoms with Gasteiger partial charge in [-0.3, -0.25) is 4.79 Å². The molecule has 198 valence electrons. The Balaban J connectivity index is 1.62. The summed E-state index contributed by atoms with van der Waals surface area (Å²) in [6.07, 6.45) is 17.0. The van der Waals surface area contributed by atoms with Crippen LogP contribution in [0.1, 0.15) is 117 Å². The molecule has 0 heterocycles. The van der Waals surface area contributed by atoms with Gasteiger partial charge in [-0.1, -0.05) is 72.1 Å². The zero-order valence-electron chi connectivity index (χ0n) is 22.2. The van der Waals surface area contributed by atoms with Crippen molar-refractivity contribution in [1.29, 1.82) is 0 Å². The number of hydrogen-bond acceptors (Lipinski definition) is 3. The van der Waals surface area contributed by atoms with Crippen molar-refractivity contribution in [2.45, 2.75) is 117 Å². The van der Waals surface area contributed by atoms with E-state index in [-0.39, 0.29) is 17.4 Å². The maximum absolute atomic E-state index is 14.6. The van der Waals surface area contributed by atoms with E-state index in [0.717, 1.165) is 44.4 Å². The molecule has 1 aromatic carbocycles. The molecule has 3 rings (SSSR count). The van der Waals surface area contributed by atoms with Crippen LogP contribution in [0.3, 0.4) is 0 Å². The summed E-state index contributed by atoms with van der Waals surface area (Å²) in [4.78, 5) is 12.9. The minimum Gasteiger partial charge on any atom is -0.490 e. The first-order valence-corrected chi connectivity index (χ1v) is 14.3. The maximum Gasteiger partial charge on any atom is 0.314 e. The second-order valence-corrected chi connectivity index (χ2v) is 10.9. The number of rotatable bonds is 12. The Morgan fingerprint density at radius 1 is 0.914 bits per heavy atom. The molecular weight excluding hydrogens is 446 g/mol. The third kappa shape index (κ3) is 6.77. The van der Waals surface area contributed by atoms with Crippen LogP contribution in [0, 0.1) is 34.8 Å². The molecule has 35 heavy (non-hydrogen) atoms. The van der Waals surface area contributed by atoms with Gasteiger partial charge in [-0.2, -0.15) is 8.78 Å². The Morgan fingerprint density at radius 2 is 1.51 bits per heavy atom. The second-order valence-electron chi connectivity index (χ2n) is 10.9. The number of carbonyl (C=O) groups excluding carboxylic acids is 1. The van der Waals surface area contributed by atoms with E-state index in [0.29, 0.717) is 17.9 Å². The Labute approximate surface area is 211 Å². The van der Waals surface area contributed by atoms with Crippen molar-refractivity contribution in [3.05, 3.63) is 23.8 Å². The average Bonchev–Trinajstić information content (AvgIpc) is 2.88. The molecule has 0 atom stereocenters. The molecule has 0 spiro atoms. The van der Waals surface area contributed by atoms with Crippen LogP contribution >= 0.6 is 0 Å². The summed E-state index contributed by atoms with van der Waals surface area (Å²) < 4.78 is 39.6. The third-order valence-electron chi connectivity index (χ3n) is 8.72. The fraction of sp³-hybridized carbons (Fsp3) is 0.767. The Hall–Kier alpha value is -1.65. The smallest absolute Gasteiger partial charge is 0.314 e. The monoisotopic (exact) mass is 492 g/mol. The highest BCUT2D eigenvalue weighted by Gasteiger charge is 2.46. The van der Waals surface area contributed by atoms with Gasteiger partial charge < -0.3 is 9.47 Å². The molecule has 0 aromatic heterocycles. The first kappa shape index (κ1) is 27.9. The topological polar surface area (TPSA) is 35.5 Å². The van der Waals surface area contributed by atoms with Crippen LogP contribution in [0.2, 0.25) is 0 Å². The van der Waals surface area contributed by atoms with Gasteiger partial charge in [0.1, 0.15) is 0 Å². The molecule has 3 nitrogen and oxygen atoms in total. The van der Waals surface area contributed by atoms with Crippen molar-refractivity contribution in [2.75, 3.05) is 6.61 Å². The van der Waals surface area contributed by atoms with E-state index in [4.69, 9.17) is 9.47 Å². The van der Waals surface area contributed by atoms with Gasteiger partial charge in [-0.15, -0.1) is 0 Å². The van der Waals surface area contributed by atoms with Crippen LogP contribution in [-0.4, -0.2) is 12.6 Å². The van der Waals surface area contributed by atoms with Gasteiger partial charge in [0.2, 0.25) is 11.6 Å². The zero-order chi connectivity index (χ0) is 25.3. The van der Waals surface area contributed by atoms with Crippen LogP contribution in [0.25, 0.3) is 0 Å². The Bertz CT molecular complexity index is 789. The highest BCUT2D eigenvalue weighted by molar-refractivity contribution is 5.75. The van der Waals surface area contributed by atoms with Gasteiger partial charge in [0.25, 0.3) is 0 Å². The quantitative estimate of drug-likeness (QED) is 0.166. The molecule has 0 amide bonds. The minimum absolute atomic E-state index is 0.136. The number of ether oxygens (including phenoxy) is 2. The SMILES string of the molecule is CCCCOc1ccc(OC(=O)[C@H]2CC[C@H](C3(C(CCC)CCC)CCCCC3)CC2)c(F)c1F. The molecule has 0 saturated heterocycles. The van der Waals surface area contributed by atoms with Crippen molar-refractivity contribution in [3.8, 4) is 11.5 Å². The molecule has 0 bridgehead atoms. The second kappa shape index (κ2) is 13.6. The predicted molar refractivity (Wildman–Crippen MR) is 137 cm³/mol. The summed E-state index contributed by atoms with van der Waals surface area (Å²) in [5, 5.41) is 0. The third-order valence-corrected chi connectivity index (χ3v) is 8.72. The highest BCUT2D eigenvalue weighted by atomic mass is 19.2. The van der Waals surface area contributed by atoms with E-state index < -0.39 is 17.6 Å². The summed E-state index contributed by atoms with van der Waals surface area (Å²) in [5.74, 6) is -1.96. The lowest BCUT2D eigenvalue weighted by atomic mass is 9.54. The molecule has 2 aliphatic carbocycles. The fourth-order valence-corrected chi connectivity index (χ4v) is 6.90. The largest absolute Gasteiger partial charge is 0.490 e. The van der Waals surface area contributed by atoms with Crippen molar-refractivity contribution in [1.82, 2.24) is 0 Å². The van der Waals surface area contributed by atoms with Crippen molar-refractivity contribution >= 4 is 5.97 Å². The van der Waals surface area contributed by atoms with Gasteiger partial charge in [-0.05, 0) is 74.3 Å². The number of carbonyl (C=O) groups is 1. The molecule has 2 aliphatic rings. The number of esters is 1. The highest BCUT2D eigenvalue weighted by Crippen LogP contribution is 2.56. The molecule has 0 radical (unpaired) electrons. The first-order chi connectivity index (χ1) is 17.0. The molecular formula is C30H46F2O3. The lowest BCUT2D eigenvalue weighted by molar-refractivity contribution is -0.141. The molecule has 0 unspecified atom stereocenters. The molecule has 1 aromatic rings. The van der Waals surface area contributed by atoms with Crippen LogP contribution in [0.4, 0.5) is 8.78 Å². The molecule has 2 saturated carbocycles. The van der Waals surface area contributed by atoms with Crippen LogP contribution in [0.5, 0.6) is 11.5 Å². The number of halogens is 2. The molecule has 0 N–H and O–H groups in total. The van der Waals surface area contributed by atoms with Gasteiger partial charge >= 0.3 is 5.97 Å². The number of unbranched alkanes of at least 4 members (excludes halogenated alkanes) is 1. The van der Waals surface area contributed by atoms with Crippen molar-refractivity contribution in [2.24, 2.45) is 23.2 Å². The lowest BCUT2D eigenvalue weighted by Crippen LogP contribution is -2.42. The van der Waals surface area contributed by atoms with Gasteiger partial charge in [0, 0.05) is 0 Å². The number of hydrogen-bond donors (Lipinski definition) is 0. The summed E-state index contributed by atoms with van der Waals surface area (Å²) >= 11 is 0. The summed E-state index contributed by atoms with van der Waals surface area (Å²) in [6, 6.07) is 2.66. The fourth-order valence-electron chi connectivity index (χ4n) is 6.90. The standard InChI is InChI=1S/C30H46F2O3/c1-4-7-21-34-25-17-18-26(28(32)27(25)31)35-29(33)22-13-15-24(16-14-22)30(19-9-8-10-20-30)23(11-5-2)12-6-3/h17-18,22-24H,4-16,19-21H2,1-3H3/t22-,24-. The predicted octanol–water partition coefficient (Wildman–Crippen LogP) is 9.02. The summed E-state index contributed by atoms with van der Waals surface area (Å²) in [7, 11) is 0. The van der Waals surface area contributed by atoms with Crippen LogP contribution in [0.15, 0.2) is 12.1 Å². The maximum atomic E-state index is 14.6. The Kier molecular flexibility index (Phi) is 10.9. The van der Waals surface area contributed by atoms with E-state index in [2.05, 4.69) is 13.8 Å². The van der Waals surface area contributed by atoms with Crippen molar-refractivity contribution < 1.29 is 23.0 Å². The lowest BCUT2D eigenvalue weighted by Gasteiger charge is -2.51. The number of benzene rings is 1. The van der Waals surface area contributed by atoms with E-state index >= 15 is 0 Å². The first-order valence-electron chi connectivity index (χ1n) is 14.3. The van der Waals surface area contributed by atoms with Crippen LogP contribution < -0.4 is 9.47 Å². The van der Waals surface area contributed by atoms with Gasteiger partial charge in [-0.25, -0.2) is 0 Å². The van der Waals surface area contributed by atoms with Crippen LogP contribution in [-0.2, 0) is 4.79 Å². The summed E-state index contributed by atoms with van der Waals surface area (Å²) in [6.45, 7) is 6.93. The average molecular weight is 493 g/mol. The normalized spacial score (nSPS) is 22.2. The Morgan fingerprint density at radius 3 is 2.11 bits per heavy atom. The van der Waals surface area contributed by atoms with Gasteiger partial charge in [0.05, 0.1) is 12.5 Å². The van der Waals surface area contributed by atoms with E-state index in [1.54, 1.807) is 0 Å². The minimum atomic E-state index is -1.15. The molecule has 2 fully saturated rings. The van der Waals surface area contributed by atoms with E-state index in [9.17, 15) is 13.6 Å². The van der Waals surface area contributed by atoms with Crippen molar-refractivity contribution in [3.63, 3.8) is 0 Å². The molecule has 5 heteroatoms. The zero-order valence-corrected chi connectivity index (χ0v) is 22.2. The van der Waals surface area contributed by atoms with E-state index in [1.165, 1.54) is 69.9 Å².